The van der Waals surface area contributed by atoms with Gasteiger partial charge in [-0.1, -0.05) is 23.7 Å². The summed E-state index contributed by atoms with van der Waals surface area (Å²) in [5.41, 5.74) is 1.79. The van der Waals surface area contributed by atoms with E-state index in [2.05, 4.69) is 15.5 Å². The Labute approximate surface area is 136 Å². The number of aromatic nitrogens is 2. The van der Waals surface area contributed by atoms with E-state index < -0.39 is 11.7 Å². The monoisotopic (exact) mass is 331 g/mol. The fourth-order valence-corrected chi connectivity index (χ4v) is 2.13. The molecule has 5 nitrogen and oxygen atoms in total. The molecule has 0 atom stereocenters. The van der Waals surface area contributed by atoms with Gasteiger partial charge in [0.05, 0.1) is 0 Å². The second-order valence-corrected chi connectivity index (χ2v) is 5.27. The molecular formula is C16H11ClFN3O2. The van der Waals surface area contributed by atoms with Gasteiger partial charge < -0.3 is 9.73 Å². The average molecular weight is 332 g/mol. The molecule has 0 fully saturated rings. The van der Waals surface area contributed by atoms with Crippen LogP contribution < -0.4 is 5.32 Å². The van der Waals surface area contributed by atoms with Gasteiger partial charge in [0, 0.05) is 16.3 Å². The van der Waals surface area contributed by atoms with E-state index in [0.717, 1.165) is 5.56 Å². The number of hydrogen-bond donors (Lipinski definition) is 1. The van der Waals surface area contributed by atoms with Crippen molar-refractivity contribution in [2.45, 2.75) is 6.92 Å². The number of nitrogens with zero attached hydrogens (tertiary/aromatic N) is 2. The zero-order valence-electron chi connectivity index (χ0n) is 12.0. The van der Waals surface area contributed by atoms with Gasteiger partial charge in [-0.15, -0.1) is 10.2 Å². The minimum absolute atomic E-state index is 0.0671. The number of anilines is 1. The summed E-state index contributed by atoms with van der Waals surface area (Å²) < 4.78 is 18.5. The Morgan fingerprint density at radius 1 is 1.22 bits per heavy atom. The molecule has 0 aliphatic carbocycles. The lowest BCUT2D eigenvalue weighted by atomic mass is 10.2. The number of carbonyl (C=O) groups is 1. The lowest BCUT2D eigenvalue weighted by Crippen LogP contribution is -2.13. The summed E-state index contributed by atoms with van der Waals surface area (Å²) in [4.78, 5) is 12.2. The van der Waals surface area contributed by atoms with Crippen molar-refractivity contribution in [2.24, 2.45) is 0 Å². The van der Waals surface area contributed by atoms with Crippen molar-refractivity contribution < 1.29 is 13.6 Å². The van der Waals surface area contributed by atoms with Crippen LogP contribution in [0.15, 0.2) is 46.9 Å². The SMILES string of the molecule is Cc1ccc(Cl)cc1NC(=O)c1nnc(-c2cccc(F)c2)o1. The quantitative estimate of drug-likeness (QED) is 0.785. The van der Waals surface area contributed by atoms with Gasteiger partial charge in [0.15, 0.2) is 0 Å². The smallest absolute Gasteiger partial charge is 0.313 e. The van der Waals surface area contributed by atoms with Crippen molar-refractivity contribution in [3.8, 4) is 11.5 Å². The molecule has 116 valence electrons. The maximum Gasteiger partial charge on any atom is 0.313 e. The molecule has 1 aromatic heterocycles. The van der Waals surface area contributed by atoms with E-state index in [1.807, 2.05) is 6.92 Å². The normalized spacial score (nSPS) is 10.6. The van der Waals surface area contributed by atoms with Gasteiger partial charge in [-0.25, -0.2) is 4.39 Å². The second kappa shape index (κ2) is 6.18. The number of aryl methyl sites for hydroxylation is 1. The maximum atomic E-state index is 13.2. The third kappa shape index (κ3) is 3.37. The number of carbonyl (C=O) groups excluding carboxylic acids is 1. The number of halogens is 2. The standard InChI is InChI=1S/C16H11ClFN3O2/c1-9-5-6-11(17)8-13(9)19-14(22)16-21-20-15(23-16)10-3-2-4-12(18)7-10/h2-8H,1H3,(H,19,22). The first-order valence-corrected chi connectivity index (χ1v) is 7.07. The largest absolute Gasteiger partial charge is 0.412 e. The molecule has 1 amide bonds. The van der Waals surface area contributed by atoms with Crippen LogP contribution in [0.25, 0.3) is 11.5 Å². The van der Waals surface area contributed by atoms with Gasteiger partial charge in [-0.05, 0) is 42.8 Å². The van der Waals surface area contributed by atoms with Crippen LogP contribution in [0.4, 0.5) is 10.1 Å². The molecule has 0 aliphatic rings. The van der Waals surface area contributed by atoms with E-state index in [1.165, 1.54) is 18.2 Å². The predicted octanol–water partition coefficient (Wildman–Crippen LogP) is 4.09. The van der Waals surface area contributed by atoms with Gasteiger partial charge in [-0.2, -0.15) is 0 Å². The number of hydrogen-bond acceptors (Lipinski definition) is 4. The van der Waals surface area contributed by atoms with Crippen molar-refractivity contribution in [1.82, 2.24) is 10.2 Å². The summed E-state index contributed by atoms with van der Waals surface area (Å²) in [7, 11) is 0. The number of benzene rings is 2. The summed E-state index contributed by atoms with van der Waals surface area (Å²) >= 11 is 5.91. The first-order valence-electron chi connectivity index (χ1n) is 6.70. The molecule has 0 radical (unpaired) electrons. The van der Waals surface area contributed by atoms with Gasteiger partial charge in [0.25, 0.3) is 0 Å². The van der Waals surface area contributed by atoms with Gasteiger partial charge >= 0.3 is 11.8 Å². The second-order valence-electron chi connectivity index (χ2n) is 4.84. The lowest BCUT2D eigenvalue weighted by Gasteiger charge is -2.06. The van der Waals surface area contributed by atoms with Crippen molar-refractivity contribution >= 4 is 23.2 Å². The van der Waals surface area contributed by atoms with Gasteiger partial charge in [0.2, 0.25) is 5.89 Å². The van der Waals surface area contributed by atoms with Gasteiger partial charge in [-0.3, -0.25) is 4.79 Å². The summed E-state index contributed by atoms with van der Waals surface area (Å²) in [5.74, 6) is -1.15. The Kier molecular flexibility index (Phi) is 4.08. The average Bonchev–Trinajstić information content (AvgIpc) is 3.01. The van der Waals surface area contributed by atoms with E-state index in [1.54, 1.807) is 24.3 Å². The third-order valence-corrected chi connectivity index (χ3v) is 3.37. The van der Waals surface area contributed by atoms with Crippen LogP contribution in [-0.4, -0.2) is 16.1 Å². The van der Waals surface area contributed by atoms with Crippen LogP contribution in [0.5, 0.6) is 0 Å². The zero-order valence-corrected chi connectivity index (χ0v) is 12.8. The molecule has 3 rings (SSSR count). The zero-order chi connectivity index (χ0) is 16.4. The predicted molar refractivity (Wildman–Crippen MR) is 83.8 cm³/mol. The molecule has 3 aromatic rings. The summed E-state index contributed by atoms with van der Waals surface area (Å²) in [5, 5.41) is 10.6. The molecule has 0 spiro atoms. The third-order valence-electron chi connectivity index (χ3n) is 3.14. The molecule has 23 heavy (non-hydrogen) atoms. The van der Waals surface area contributed by atoms with E-state index in [4.69, 9.17) is 16.0 Å². The molecule has 0 saturated heterocycles. The van der Waals surface area contributed by atoms with Crippen LogP contribution in [0.1, 0.15) is 16.2 Å². The van der Waals surface area contributed by atoms with Crippen LogP contribution in [-0.2, 0) is 0 Å². The summed E-state index contributed by atoms with van der Waals surface area (Å²) in [6.45, 7) is 1.83. The van der Waals surface area contributed by atoms with Crippen LogP contribution in [0.3, 0.4) is 0 Å². The van der Waals surface area contributed by atoms with Crippen LogP contribution in [0, 0.1) is 12.7 Å². The molecule has 7 heteroatoms. The fourth-order valence-electron chi connectivity index (χ4n) is 1.96. The maximum absolute atomic E-state index is 13.2. The highest BCUT2D eigenvalue weighted by Crippen LogP contribution is 2.22. The van der Waals surface area contributed by atoms with Crippen molar-refractivity contribution in [2.75, 3.05) is 5.32 Å². The highest BCUT2D eigenvalue weighted by atomic mass is 35.5. The Morgan fingerprint density at radius 2 is 2.04 bits per heavy atom. The Morgan fingerprint density at radius 3 is 2.83 bits per heavy atom. The minimum atomic E-state index is -0.564. The summed E-state index contributed by atoms with van der Waals surface area (Å²) in [6, 6.07) is 10.8. The number of rotatable bonds is 3. The molecule has 1 N–H and O–H groups in total. The molecule has 2 aromatic carbocycles. The Hall–Kier alpha value is -2.73. The van der Waals surface area contributed by atoms with E-state index in [9.17, 15) is 9.18 Å². The number of amides is 1. The van der Waals surface area contributed by atoms with Crippen molar-refractivity contribution in [3.63, 3.8) is 0 Å². The summed E-state index contributed by atoms with van der Waals surface area (Å²) in [6.07, 6.45) is 0. The first kappa shape index (κ1) is 15.2. The minimum Gasteiger partial charge on any atom is -0.412 e. The highest BCUT2D eigenvalue weighted by molar-refractivity contribution is 6.31. The van der Waals surface area contributed by atoms with Crippen LogP contribution >= 0.6 is 11.6 Å². The molecule has 1 heterocycles. The highest BCUT2D eigenvalue weighted by Gasteiger charge is 2.17. The molecule has 0 bridgehead atoms. The topological polar surface area (TPSA) is 68.0 Å². The van der Waals surface area contributed by atoms with E-state index in [0.29, 0.717) is 16.3 Å². The van der Waals surface area contributed by atoms with E-state index >= 15 is 0 Å². The molecule has 0 saturated carbocycles. The van der Waals surface area contributed by atoms with Crippen molar-refractivity contribution in [1.29, 1.82) is 0 Å². The Bertz CT molecular complexity index is 879. The van der Waals surface area contributed by atoms with Gasteiger partial charge in [0.1, 0.15) is 5.82 Å². The Balaban J connectivity index is 1.82. The first-order chi connectivity index (χ1) is 11.0. The van der Waals surface area contributed by atoms with Crippen molar-refractivity contribution in [3.05, 3.63) is 64.8 Å². The lowest BCUT2D eigenvalue weighted by molar-refractivity contribution is 0.0990. The van der Waals surface area contributed by atoms with E-state index in [-0.39, 0.29) is 11.8 Å². The molecule has 0 unspecified atom stereocenters. The number of nitrogens with one attached hydrogen (secondary N) is 1. The van der Waals surface area contributed by atoms with Crippen LogP contribution in [0.2, 0.25) is 5.02 Å². The molecular weight excluding hydrogens is 321 g/mol. The molecule has 0 aliphatic heterocycles. The fraction of sp³-hybridized carbons (Fsp3) is 0.0625.